The van der Waals surface area contributed by atoms with Gasteiger partial charge in [0.1, 0.15) is 5.60 Å². The number of likely N-dealkylation sites (tertiary alicyclic amines) is 1. The first-order valence-electron chi connectivity index (χ1n) is 6.01. The molecule has 1 heterocycles. The number of rotatable bonds is 2. The lowest BCUT2D eigenvalue weighted by Crippen LogP contribution is -2.35. The Kier molecular flexibility index (Phi) is 4.19. The van der Waals surface area contributed by atoms with Gasteiger partial charge < -0.3 is 15.4 Å². The van der Waals surface area contributed by atoms with E-state index in [1.807, 2.05) is 20.8 Å². The average molecular weight is 228 g/mol. The molecule has 4 heteroatoms. The van der Waals surface area contributed by atoms with E-state index in [0.717, 1.165) is 19.5 Å². The van der Waals surface area contributed by atoms with Crippen LogP contribution in [0.5, 0.6) is 0 Å². The summed E-state index contributed by atoms with van der Waals surface area (Å²) in [7, 11) is 0. The van der Waals surface area contributed by atoms with Gasteiger partial charge in [-0.3, -0.25) is 0 Å². The summed E-state index contributed by atoms with van der Waals surface area (Å²) < 4.78 is 5.35. The summed E-state index contributed by atoms with van der Waals surface area (Å²) in [6, 6.07) is 0. The van der Waals surface area contributed by atoms with Crippen LogP contribution in [0.1, 0.15) is 34.1 Å². The number of carbonyl (C=O) groups excluding carboxylic acids is 1. The first kappa shape index (κ1) is 13.3. The molecule has 4 nitrogen and oxygen atoms in total. The van der Waals surface area contributed by atoms with Crippen molar-refractivity contribution in [1.82, 2.24) is 4.90 Å². The van der Waals surface area contributed by atoms with E-state index in [1.165, 1.54) is 0 Å². The van der Waals surface area contributed by atoms with Crippen molar-refractivity contribution in [2.75, 3.05) is 19.6 Å². The highest BCUT2D eigenvalue weighted by Gasteiger charge is 2.33. The Morgan fingerprint density at radius 3 is 2.56 bits per heavy atom. The summed E-state index contributed by atoms with van der Waals surface area (Å²) in [5, 5.41) is 0. The average Bonchev–Trinajstić information content (AvgIpc) is 2.46. The molecule has 0 radical (unpaired) electrons. The van der Waals surface area contributed by atoms with Crippen LogP contribution in [0.25, 0.3) is 0 Å². The maximum Gasteiger partial charge on any atom is 0.410 e. The number of nitrogens with zero attached hydrogens (tertiary/aromatic N) is 1. The molecule has 1 rings (SSSR count). The van der Waals surface area contributed by atoms with E-state index in [9.17, 15) is 4.79 Å². The molecule has 1 aliphatic rings. The van der Waals surface area contributed by atoms with Gasteiger partial charge in [-0.1, -0.05) is 6.92 Å². The quantitative estimate of drug-likeness (QED) is 0.784. The molecule has 0 aliphatic carbocycles. The molecule has 1 fully saturated rings. The molecular formula is C12H24N2O2. The Morgan fingerprint density at radius 2 is 2.06 bits per heavy atom. The Hall–Kier alpha value is -0.770. The van der Waals surface area contributed by atoms with Gasteiger partial charge in [-0.05, 0) is 45.6 Å². The van der Waals surface area contributed by atoms with Crippen LogP contribution in [-0.4, -0.2) is 36.2 Å². The minimum absolute atomic E-state index is 0.195. The molecule has 1 amide bonds. The molecule has 1 aliphatic heterocycles. The second kappa shape index (κ2) is 5.04. The molecule has 0 bridgehead atoms. The SMILES string of the molecule is C[C@@H]1CN(C(=O)OC(C)(C)C)C[C@H]1CCN. The van der Waals surface area contributed by atoms with Crippen molar-refractivity contribution in [3.63, 3.8) is 0 Å². The molecule has 0 spiro atoms. The lowest BCUT2D eigenvalue weighted by Gasteiger charge is -2.24. The summed E-state index contributed by atoms with van der Waals surface area (Å²) in [4.78, 5) is 13.6. The lowest BCUT2D eigenvalue weighted by molar-refractivity contribution is 0.0284. The minimum Gasteiger partial charge on any atom is -0.444 e. The van der Waals surface area contributed by atoms with E-state index < -0.39 is 5.60 Å². The summed E-state index contributed by atoms with van der Waals surface area (Å²) >= 11 is 0. The second-order valence-electron chi connectivity index (χ2n) is 5.70. The number of ether oxygens (including phenoxy) is 1. The lowest BCUT2D eigenvalue weighted by atomic mass is 9.95. The van der Waals surface area contributed by atoms with Crippen LogP contribution < -0.4 is 5.73 Å². The zero-order valence-electron chi connectivity index (χ0n) is 10.8. The highest BCUT2D eigenvalue weighted by Crippen LogP contribution is 2.26. The van der Waals surface area contributed by atoms with E-state index in [-0.39, 0.29) is 6.09 Å². The topological polar surface area (TPSA) is 55.6 Å². The molecule has 94 valence electrons. The van der Waals surface area contributed by atoms with E-state index in [4.69, 9.17) is 10.5 Å². The second-order valence-corrected chi connectivity index (χ2v) is 5.70. The molecule has 16 heavy (non-hydrogen) atoms. The highest BCUT2D eigenvalue weighted by molar-refractivity contribution is 5.68. The summed E-state index contributed by atoms with van der Waals surface area (Å²) in [6.45, 7) is 10.1. The van der Waals surface area contributed by atoms with Crippen molar-refractivity contribution >= 4 is 6.09 Å². The van der Waals surface area contributed by atoms with Crippen LogP contribution >= 0.6 is 0 Å². The van der Waals surface area contributed by atoms with Crippen molar-refractivity contribution in [1.29, 1.82) is 0 Å². The molecule has 1 saturated heterocycles. The first-order chi connectivity index (χ1) is 7.33. The molecule has 2 atom stereocenters. The Morgan fingerprint density at radius 1 is 1.44 bits per heavy atom. The van der Waals surface area contributed by atoms with Crippen LogP contribution in [0, 0.1) is 11.8 Å². The zero-order chi connectivity index (χ0) is 12.3. The van der Waals surface area contributed by atoms with Crippen LogP contribution in [-0.2, 0) is 4.74 Å². The Bertz CT molecular complexity index is 248. The van der Waals surface area contributed by atoms with Crippen LogP contribution in [0.4, 0.5) is 4.79 Å². The molecule has 0 unspecified atom stereocenters. The van der Waals surface area contributed by atoms with Gasteiger partial charge in [-0.25, -0.2) is 4.79 Å². The van der Waals surface area contributed by atoms with Crippen molar-refractivity contribution in [2.45, 2.75) is 39.7 Å². The van der Waals surface area contributed by atoms with Gasteiger partial charge in [0.05, 0.1) is 0 Å². The van der Waals surface area contributed by atoms with E-state index in [1.54, 1.807) is 4.90 Å². The largest absolute Gasteiger partial charge is 0.444 e. The molecule has 0 aromatic heterocycles. The molecule has 0 aromatic rings. The van der Waals surface area contributed by atoms with Gasteiger partial charge >= 0.3 is 6.09 Å². The third-order valence-electron chi connectivity index (χ3n) is 2.96. The summed E-state index contributed by atoms with van der Waals surface area (Å²) in [5.74, 6) is 1.05. The van der Waals surface area contributed by atoms with Gasteiger partial charge in [-0.2, -0.15) is 0 Å². The minimum atomic E-state index is -0.410. The standard InChI is InChI=1S/C12H24N2O2/c1-9-7-14(8-10(9)5-6-13)11(15)16-12(2,3)4/h9-10H,5-8,13H2,1-4H3/t9-,10-/m1/s1. The van der Waals surface area contributed by atoms with Gasteiger partial charge in [0.15, 0.2) is 0 Å². The number of amides is 1. The maximum absolute atomic E-state index is 11.8. The normalized spacial score (nSPS) is 25.9. The van der Waals surface area contributed by atoms with Gasteiger partial charge in [0.25, 0.3) is 0 Å². The summed E-state index contributed by atoms with van der Waals surface area (Å²) in [6.07, 6.45) is 0.791. The third kappa shape index (κ3) is 3.67. The van der Waals surface area contributed by atoms with Crippen molar-refractivity contribution in [2.24, 2.45) is 17.6 Å². The summed E-state index contributed by atoms with van der Waals surface area (Å²) in [5.41, 5.74) is 5.15. The van der Waals surface area contributed by atoms with Gasteiger partial charge in [0, 0.05) is 13.1 Å². The number of carbonyl (C=O) groups is 1. The van der Waals surface area contributed by atoms with E-state index in [2.05, 4.69) is 6.92 Å². The third-order valence-corrected chi connectivity index (χ3v) is 2.96. The fourth-order valence-electron chi connectivity index (χ4n) is 2.10. The van der Waals surface area contributed by atoms with Crippen LogP contribution in [0.2, 0.25) is 0 Å². The van der Waals surface area contributed by atoms with E-state index in [0.29, 0.717) is 18.4 Å². The fraction of sp³-hybridized carbons (Fsp3) is 0.917. The number of hydrogen-bond acceptors (Lipinski definition) is 3. The molecule has 2 N–H and O–H groups in total. The van der Waals surface area contributed by atoms with Crippen molar-refractivity contribution in [3.05, 3.63) is 0 Å². The number of nitrogens with two attached hydrogens (primary N) is 1. The maximum atomic E-state index is 11.8. The van der Waals surface area contributed by atoms with Crippen LogP contribution in [0.3, 0.4) is 0 Å². The van der Waals surface area contributed by atoms with E-state index >= 15 is 0 Å². The molecule has 0 saturated carbocycles. The monoisotopic (exact) mass is 228 g/mol. The smallest absolute Gasteiger partial charge is 0.410 e. The number of hydrogen-bond donors (Lipinski definition) is 1. The predicted molar refractivity (Wildman–Crippen MR) is 64.1 cm³/mol. The molecular weight excluding hydrogens is 204 g/mol. The van der Waals surface area contributed by atoms with Gasteiger partial charge in [0.2, 0.25) is 0 Å². The van der Waals surface area contributed by atoms with Crippen LogP contribution in [0.15, 0.2) is 0 Å². The Balaban J connectivity index is 2.48. The van der Waals surface area contributed by atoms with Crippen molar-refractivity contribution in [3.8, 4) is 0 Å². The van der Waals surface area contributed by atoms with Gasteiger partial charge in [-0.15, -0.1) is 0 Å². The Labute approximate surface area is 98.1 Å². The van der Waals surface area contributed by atoms with Crippen molar-refractivity contribution < 1.29 is 9.53 Å². The predicted octanol–water partition coefficient (Wildman–Crippen LogP) is 1.84. The first-order valence-corrected chi connectivity index (χ1v) is 6.01. The highest BCUT2D eigenvalue weighted by atomic mass is 16.6. The molecule has 0 aromatic carbocycles. The zero-order valence-corrected chi connectivity index (χ0v) is 10.8. The fourth-order valence-corrected chi connectivity index (χ4v) is 2.10.